The van der Waals surface area contributed by atoms with Crippen molar-refractivity contribution in [3.63, 3.8) is 0 Å². The molecule has 28 heavy (non-hydrogen) atoms. The van der Waals surface area contributed by atoms with Crippen LogP contribution in [0.4, 0.5) is 0 Å². The van der Waals surface area contributed by atoms with Gasteiger partial charge in [-0.2, -0.15) is 11.8 Å². The second-order valence-corrected chi connectivity index (χ2v) is 8.58. The summed E-state index contributed by atoms with van der Waals surface area (Å²) in [7, 11) is 1.63. The SMILES string of the molecule is COc1ccc(Oc2ccc(SC3(C(=O)NO)CCSCC3)cc2)cc1.O=O. The van der Waals surface area contributed by atoms with Crippen LogP contribution in [0.3, 0.4) is 0 Å². The smallest absolute Gasteiger partial charge is 0.259 e. The Kier molecular flexibility index (Phi) is 8.62. The molecule has 0 aromatic heterocycles. The molecule has 0 saturated carbocycles. The summed E-state index contributed by atoms with van der Waals surface area (Å²) in [5.41, 5.74) is 1.85. The van der Waals surface area contributed by atoms with E-state index in [2.05, 4.69) is 0 Å². The van der Waals surface area contributed by atoms with Crippen LogP contribution in [0.5, 0.6) is 17.2 Å². The van der Waals surface area contributed by atoms with Crippen molar-refractivity contribution in [2.24, 2.45) is 0 Å². The molecule has 9 heteroatoms. The molecule has 3 rings (SSSR count). The zero-order valence-corrected chi connectivity index (χ0v) is 16.9. The average Bonchev–Trinajstić information content (AvgIpc) is 2.77. The van der Waals surface area contributed by atoms with Gasteiger partial charge in [0.1, 0.15) is 22.0 Å². The molecule has 0 bridgehead atoms. The Hall–Kier alpha value is -2.23. The van der Waals surface area contributed by atoms with E-state index in [1.165, 1.54) is 11.8 Å². The van der Waals surface area contributed by atoms with Crippen LogP contribution in [0.2, 0.25) is 0 Å². The van der Waals surface area contributed by atoms with Crippen LogP contribution in [-0.4, -0.2) is 34.5 Å². The Balaban J connectivity index is 0.00000136. The number of methoxy groups -OCH3 is 1. The zero-order chi connectivity index (χ0) is 20.4. The molecule has 7 nitrogen and oxygen atoms in total. The molecule has 1 amide bonds. The molecule has 0 atom stereocenters. The molecule has 1 aliphatic heterocycles. The van der Waals surface area contributed by atoms with E-state index in [9.17, 15) is 4.79 Å². The normalized spacial score (nSPS) is 14.9. The van der Waals surface area contributed by atoms with E-state index in [-0.39, 0.29) is 5.91 Å². The largest absolute Gasteiger partial charge is 0.497 e. The van der Waals surface area contributed by atoms with Gasteiger partial charge in [0.25, 0.3) is 5.91 Å². The van der Waals surface area contributed by atoms with Gasteiger partial charge >= 0.3 is 0 Å². The number of carbonyl (C=O) groups is 1. The number of thioether (sulfide) groups is 2. The number of ether oxygens (including phenoxy) is 2. The van der Waals surface area contributed by atoms with Crippen molar-refractivity contribution in [1.29, 1.82) is 0 Å². The summed E-state index contributed by atoms with van der Waals surface area (Å²) in [6, 6.07) is 15.0. The lowest BCUT2D eigenvalue weighted by Gasteiger charge is -2.34. The third-order valence-electron chi connectivity index (χ3n) is 4.25. The van der Waals surface area contributed by atoms with Gasteiger partial charge in [-0.1, -0.05) is 0 Å². The fraction of sp³-hybridized carbons (Fsp3) is 0.316. The molecule has 150 valence electrons. The van der Waals surface area contributed by atoms with E-state index in [0.29, 0.717) is 0 Å². The van der Waals surface area contributed by atoms with Gasteiger partial charge in [-0.05, 0) is 72.9 Å². The molecule has 0 spiro atoms. The van der Waals surface area contributed by atoms with Crippen molar-refractivity contribution in [2.45, 2.75) is 22.5 Å². The van der Waals surface area contributed by atoms with E-state index >= 15 is 0 Å². The number of hydroxylamine groups is 1. The van der Waals surface area contributed by atoms with Gasteiger partial charge < -0.3 is 9.47 Å². The zero-order valence-electron chi connectivity index (χ0n) is 15.3. The van der Waals surface area contributed by atoms with Gasteiger partial charge in [0.15, 0.2) is 0 Å². The first-order valence-corrected chi connectivity index (χ1v) is 10.4. The summed E-state index contributed by atoms with van der Waals surface area (Å²) >= 11 is 3.35. The van der Waals surface area contributed by atoms with Crippen molar-refractivity contribution in [2.75, 3.05) is 18.6 Å². The predicted octanol–water partition coefficient (Wildman–Crippen LogP) is 4.42. The summed E-state index contributed by atoms with van der Waals surface area (Å²) < 4.78 is 10.4. The molecule has 1 heterocycles. The van der Waals surface area contributed by atoms with Crippen molar-refractivity contribution >= 4 is 29.4 Å². The second-order valence-electron chi connectivity index (χ2n) is 5.90. The first-order chi connectivity index (χ1) is 13.6. The number of carbonyl (C=O) groups excluding carboxylic acids is 1. The summed E-state index contributed by atoms with van der Waals surface area (Å²) in [5.74, 6) is 3.74. The lowest BCUT2D eigenvalue weighted by atomic mass is 10.0. The standard InChI is InChI=1S/C19H21NO4S2.O2/c1-23-14-2-4-15(5-3-14)24-16-6-8-17(9-7-16)26-19(18(21)20-22)10-12-25-13-11-19;1-2/h2-9,22H,10-13H2,1H3,(H,20,21);. The van der Waals surface area contributed by atoms with Crippen molar-refractivity contribution in [1.82, 2.24) is 5.48 Å². The molecule has 0 unspecified atom stereocenters. The summed E-state index contributed by atoms with van der Waals surface area (Å²) in [6.45, 7) is 0. The fourth-order valence-corrected chi connectivity index (χ4v) is 5.48. The van der Waals surface area contributed by atoms with Crippen LogP contribution in [0.25, 0.3) is 0 Å². The molecule has 2 aromatic rings. The summed E-state index contributed by atoms with van der Waals surface area (Å²) in [5, 5.41) is 9.13. The van der Waals surface area contributed by atoms with Crippen LogP contribution in [0.15, 0.2) is 53.4 Å². The number of nitrogens with one attached hydrogen (secondary N) is 1. The highest BCUT2D eigenvalue weighted by atomic mass is 32.2. The predicted molar refractivity (Wildman–Crippen MR) is 111 cm³/mol. The number of rotatable bonds is 6. The minimum Gasteiger partial charge on any atom is -0.497 e. The Morgan fingerprint density at radius 1 is 1.00 bits per heavy atom. The fourth-order valence-electron chi connectivity index (χ4n) is 2.76. The highest BCUT2D eigenvalue weighted by Crippen LogP contribution is 2.43. The molecule has 2 aromatic carbocycles. The second kappa shape index (κ2) is 10.9. The van der Waals surface area contributed by atoms with Crippen molar-refractivity contribution in [3.05, 3.63) is 58.5 Å². The molecule has 0 aliphatic carbocycles. The third kappa shape index (κ3) is 5.63. The number of benzene rings is 2. The minimum absolute atomic E-state index is 0.318. The molecule has 2 N–H and O–H groups in total. The van der Waals surface area contributed by atoms with Crippen molar-refractivity contribution < 1.29 is 19.5 Å². The topological polar surface area (TPSA) is 102 Å². The van der Waals surface area contributed by atoms with E-state index in [0.717, 1.165) is 46.5 Å². The number of amides is 1. The van der Waals surface area contributed by atoms with Crippen LogP contribution in [0.1, 0.15) is 12.8 Å². The maximum Gasteiger partial charge on any atom is 0.259 e. The lowest BCUT2D eigenvalue weighted by molar-refractivity contribution is -0.131. The van der Waals surface area contributed by atoms with Gasteiger partial charge in [-0.3, -0.25) is 10.0 Å². The Bertz CT molecular complexity index is 748. The van der Waals surface area contributed by atoms with E-state index in [4.69, 9.17) is 24.6 Å². The number of hydrogen-bond acceptors (Lipinski definition) is 8. The first kappa shape index (κ1) is 22.1. The maximum absolute atomic E-state index is 12.2. The third-order valence-corrected chi connectivity index (χ3v) is 6.73. The average molecular weight is 424 g/mol. The highest BCUT2D eigenvalue weighted by molar-refractivity contribution is 8.02. The Morgan fingerprint density at radius 3 is 2.00 bits per heavy atom. The molecular formula is C19H21NO6S2. The summed E-state index contributed by atoms with van der Waals surface area (Å²) in [4.78, 5) is 27.2. The van der Waals surface area contributed by atoms with E-state index in [1.54, 1.807) is 7.11 Å². The monoisotopic (exact) mass is 423 g/mol. The molecular weight excluding hydrogens is 402 g/mol. The van der Waals surface area contributed by atoms with Gasteiger partial charge in [-0.25, -0.2) is 5.48 Å². The van der Waals surface area contributed by atoms with Crippen LogP contribution >= 0.6 is 23.5 Å². The maximum atomic E-state index is 12.2. The van der Waals surface area contributed by atoms with Gasteiger partial charge in [-0.15, -0.1) is 11.8 Å². The van der Waals surface area contributed by atoms with Gasteiger partial charge in [0, 0.05) is 14.8 Å². The van der Waals surface area contributed by atoms with E-state index in [1.807, 2.05) is 65.8 Å². The Labute approximate surface area is 171 Å². The van der Waals surface area contributed by atoms with Crippen molar-refractivity contribution in [3.8, 4) is 17.2 Å². The molecule has 1 saturated heterocycles. The highest BCUT2D eigenvalue weighted by Gasteiger charge is 2.40. The molecule has 0 radical (unpaired) electrons. The quantitative estimate of drug-likeness (QED) is 0.520. The first-order valence-electron chi connectivity index (χ1n) is 8.45. The number of hydrogen-bond donors (Lipinski definition) is 2. The van der Waals surface area contributed by atoms with Gasteiger partial charge in [0.2, 0.25) is 0 Å². The van der Waals surface area contributed by atoms with E-state index < -0.39 is 4.75 Å². The van der Waals surface area contributed by atoms with Crippen LogP contribution in [0, 0.1) is 9.93 Å². The minimum atomic E-state index is -0.613. The van der Waals surface area contributed by atoms with Gasteiger partial charge in [0.05, 0.1) is 7.11 Å². The lowest BCUT2D eigenvalue weighted by Crippen LogP contribution is -2.45. The summed E-state index contributed by atoms with van der Waals surface area (Å²) in [6.07, 6.45) is 1.47. The van der Waals surface area contributed by atoms with Crippen LogP contribution in [-0.2, 0) is 4.79 Å². The molecule has 1 fully saturated rings. The Morgan fingerprint density at radius 2 is 1.50 bits per heavy atom. The van der Waals surface area contributed by atoms with Crippen LogP contribution < -0.4 is 15.0 Å². The molecule has 1 aliphatic rings.